The summed E-state index contributed by atoms with van der Waals surface area (Å²) in [5.74, 6) is 1.52. The predicted molar refractivity (Wildman–Crippen MR) is 45.3 cm³/mol. The molecule has 0 rings (SSSR count). The first-order valence-electron chi connectivity index (χ1n) is 3.71. The van der Waals surface area contributed by atoms with Gasteiger partial charge in [-0.2, -0.15) is 0 Å². The second-order valence-electron chi connectivity index (χ2n) is 3.46. The van der Waals surface area contributed by atoms with Crippen LogP contribution < -0.4 is 0 Å². The Morgan fingerprint density at radius 3 is 2.50 bits per heavy atom. The Labute approximate surface area is 72.7 Å². The van der Waals surface area contributed by atoms with E-state index in [1.165, 1.54) is 0 Å². The Morgan fingerprint density at radius 1 is 1.67 bits per heavy atom. The Morgan fingerprint density at radius 2 is 2.17 bits per heavy atom. The van der Waals surface area contributed by atoms with E-state index in [-0.39, 0.29) is 6.42 Å². The van der Waals surface area contributed by atoms with E-state index in [1.807, 2.05) is 0 Å². The Hall–Kier alpha value is -1.01. The van der Waals surface area contributed by atoms with Gasteiger partial charge < -0.3 is 9.84 Å². The molecular formula is C9H14O3. The van der Waals surface area contributed by atoms with Crippen LogP contribution in [0.3, 0.4) is 0 Å². The SMILES string of the molecule is C#CCC(O)C(=O)OC(C)(C)C. The van der Waals surface area contributed by atoms with Crippen molar-refractivity contribution < 1.29 is 14.6 Å². The van der Waals surface area contributed by atoms with E-state index in [1.54, 1.807) is 20.8 Å². The third-order valence-electron chi connectivity index (χ3n) is 0.990. The highest BCUT2D eigenvalue weighted by atomic mass is 16.6. The predicted octanol–water partition coefficient (Wildman–Crippen LogP) is 0.712. The first-order chi connectivity index (χ1) is 5.37. The first-order valence-corrected chi connectivity index (χ1v) is 3.71. The number of carbonyl (C=O) groups excluding carboxylic acids is 1. The molecule has 0 saturated heterocycles. The molecule has 0 saturated carbocycles. The number of ether oxygens (including phenoxy) is 1. The molecule has 0 spiro atoms. The van der Waals surface area contributed by atoms with Gasteiger partial charge in [0.1, 0.15) is 5.60 Å². The van der Waals surface area contributed by atoms with Crippen LogP contribution in [0.15, 0.2) is 0 Å². The maximum Gasteiger partial charge on any atom is 0.336 e. The Bertz CT molecular complexity index is 195. The van der Waals surface area contributed by atoms with E-state index in [0.29, 0.717) is 0 Å². The standard InChI is InChI=1S/C9H14O3/c1-5-6-7(10)8(11)12-9(2,3)4/h1,7,10H,6H2,2-4H3. The molecule has 3 heteroatoms. The number of carbonyl (C=O) groups is 1. The van der Waals surface area contributed by atoms with Crippen LogP contribution in [-0.2, 0) is 9.53 Å². The molecule has 3 nitrogen and oxygen atoms in total. The molecular weight excluding hydrogens is 156 g/mol. The minimum Gasteiger partial charge on any atom is -0.458 e. The molecule has 1 unspecified atom stereocenters. The van der Waals surface area contributed by atoms with E-state index in [9.17, 15) is 4.79 Å². The van der Waals surface area contributed by atoms with Crippen molar-refractivity contribution in [3.8, 4) is 12.3 Å². The fourth-order valence-electron chi connectivity index (χ4n) is 0.565. The molecule has 0 aliphatic rings. The number of rotatable bonds is 2. The topological polar surface area (TPSA) is 46.5 Å². The lowest BCUT2D eigenvalue weighted by atomic mass is 10.2. The maximum atomic E-state index is 11.0. The molecule has 0 aliphatic carbocycles. The molecule has 1 atom stereocenters. The van der Waals surface area contributed by atoms with Crippen molar-refractivity contribution in [1.82, 2.24) is 0 Å². The molecule has 0 aliphatic heterocycles. The molecule has 0 aromatic carbocycles. The Kier molecular flexibility index (Phi) is 3.78. The van der Waals surface area contributed by atoms with Crippen molar-refractivity contribution in [1.29, 1.82) is 0 Å². The van der Waals surface area contributed by atoms with Gasteiger partial charge in [0.25, 0.3) is 0 Å². The molecule has 0 heterocycles. The van der Waals surface area contributed by atoms with Crippen LogP contribution in [-0.4, -0.2) is 22.8 Å². The summed E-state index contributed by atoms with van der Waals surface area (Å²) in [6.45, 7) is 5.19. The van der Waals surface area contributed by atoms with E-state index in [0.717, 1.165) is 0 Å². The van der Waals surface area contributed by atoms with Crippen molar-refractivity contribution in [2.45, 2.75) is 38.9 Å². The summed E-state index contributed by atoms with van der Waals surface area (Å²) >= 11 is 0. The number of aliphatic hydroxyl groups is 1. The minimum absolute atomic E-state index is 0.00505. The number of terminal acetylenes is 1. The zero-order valence-electron chi connectivity index (χ0n) is 7.63. The summed E-state index contributed by atoms with van der Waals surface area (Å²) in [6, 6.07) is 0. The van der Waals surface area contributed by atoms with Gasteiger partial charge in [-0.05, 0) is 20.8 Å². The second-order valence-corrected chi connectivity index (χ2v) is 3.46. The van der Waals surface area contributed by atoms with E-state index in [2.05, 4.69) is 5.92 Å². The van der Waals surface area contributed by atoms with Crippen molar-refractivity contribution >= 4 is 5.97 Å². The van der Waals surface area contributed by atoms with E-state index < -0.39 is 17.7 Å². The highest BCUT2D eigenvalue weighted by Crippen LogP contribution is 2.09. The largest absolute Gasteiger partial charge is 0.458 e. The Balaban J connectivity index is 3.98. The average Bonchev–Trinajstić information content (AvgIpc) is 1.84. The molecule has 12 heavy (non-hydrogen) atoms. The van der Waals surface area contributed by atoms with Crippen LogP contribution in [0.1, 0.15) is 27.2 Å². The van der Waals surface area contributed by atoms with E-state index in [4.69, 9.17) is 16.3 Å². The zero-order valence-corrected chi connectivity index (χ0v) is 7.63. The van der Waals surface area contributed by atoms with Crippen molar-refractivity contribution in [2.75, 3.05) is 0 Å². The van der Waals surface area contributed by atoms with Crippen LogP contribution in [0.25, 0.3) is 0 Å². The molecule has 0 bridgehead atoms. The summed E-state index contributed by atoms with van der Waals surface area (Å²) in [6.07, 6.45) is 3.71. The zero-order chi connectivity index (χ0) is 9.78. The smallest absolute Gasteiger partial charge is 0.336 e. The van der Waals surface area contributed by atoms with Gasteiger partial charge in [-0.25, -0.2) is 4.79 Å². The summed E-state index contributed by atoms with van der Waals surface area (Å²) in [5, 5.41) is 9.06. The molecule has 0 fully saturated rings. The first kappa shape index (κ1) is 11.0. The normalized spacial score (nSPS) is 13.2. The lowest BCUT2D eigenvalue weighted by Gasteiger charge is -2.20. The number of hydrogen-bond acceptors (Lipinski definition) is 3. The van der Waals surface area contributed by atoms with Crippen LogP contribution in [0.5, 0.6) is 0 Å². The highest BCUT2D eigenvalue weighted by molar-refractivity contribution is 5.75. The van der Waals surface area contributed by atoms with Gasteiger partial charge in [0, 0.05) is 6.42 Å². The lowest BCUT2D eigenvalue weighted by molar-refractivity contribution is -0.164. The fourth-order valence-corrected chi connectivity index (χ4v) is 0.565. The number of aliphatic hydroxyl groups excluding tert-OH is 1. The highest BCUT2D eigenvalue weighted by Gasteiger charge is 2.22. The van der Waals surface area contributed by atoms with Gasteiger partial charge in [-0.3, -0.25) is 0 Å². The van der Waals surface area contributed by atoms with Gasteiger partial charge in [0.2, 0.25) is 0 Å². The third-order valence-corrected chi connectivity index (χ3v) is 0.990. The molecule has 1 N–H and O–H groups in total. The summed E-state index contributed by atoms with van der Waals surface area (Å²) in [7, 11) is 0. The third kappa shape index (κ3) is 4.75. The van der Waals surface area contributed by atoms with E-state index >= 15 is 0 Å². The fraction of sp³-hybridized carbons (Fsp3) is 0.667. The number of esters is 1. The maximum absolute atomic E-state index is 11.0. The van der Waals surface area contributed by atoms with Crippen LogP contribution in [0.4, 0.5) is 0 Å². The van der Waals surface area contributed by atoms with Crippen LogP contribution in [0, 0.1) is 12.3 Å². The van der Waals surface area contributed by atoms with Crippen LogP contribution >= 0.6 is 0 Å². The molecule has 0 radical (unpaired) electrons. The van der Waals surface area contributed by atoms with Gasteiger partial charge in [0.15, 0.2) is 6.10 Å². The molecule has 0 aromatic heterocycles. The monoisotopic (exact) mass is 170 g/mol. The second kappa shape index (κ2) is 4.13. The average molecular weight is 170 g/mol. The summed E-state index contributed by atoms with van der Waals surface area (Å²) in [4.78, 5) is 11.0. The van der Waals surface area contributed by atoms with Crippen LogP contribution in [0.2, 0.25) is 0 Å². The van der Waals surface area contributed by atoms with Crippen molar-refractivity contribution in [2.24, 2.45) is 0 Å². The summed E-state index contributed by atoms with van der Waals surface area (Å²) < 4.78 is 4.87. The molecule has 0 amide bonds. The van der Waals surface area contributed by atoms with Crippen molar-refractivity contribution in [3.05, 3.63) is 0 Å². The minimum atomic E-state index is -1.20. The van der Waals surface area contributed by atoms with Gasteiger partial charge in [-0.1, -0.05) is 0 Å². The number of hydrogen-bond donors (Lipinski definition) is 1. The van der Waals surface area contributed by atoms with Gasteiger partial charge in [0.05, 0.1) is 0 Å². The van der Waals surface area contributed by atoms with Gasteiger partial charge >= 0.3 is 5.97 Å². The summed E-state index contributed by atoms with van der Waals surface area (Å²) in [5.41, 5.74) is -0.577. The van der Waals surface area contributed by atoms with Gasteiger partial charge in [-0.15, -0.1) is 12.3 Å². The lowest BCUT2D eigenvalue weighted by Crippen LogP contribution is -2.31. The van der Waals surface area contributed by atoms with Crippen molar-refractivity contribution in [3.63, 3.8) is 0 Å². The quantitative estimate of drug-likeness (QED) is 0.490. The molecule has 0 aromatic rings. The molecule has 68 valence electrons.